The third kappa shape index (κ3) is 4.24. The standard InChI is InChI=1S/C9H19NO3/c1-9(2,3)8(13)10(4)5-7(12)6-11/h7,11-12H,5-6H2,1-4H3. The van der Waals surface area contributed by atoms with Crippen LogP contribution < -0.4 is 0 Å². The van der Waals surface area contributed by atoms with Crippen molar-refractivity contribution in [3.63, 3.8) is 0 Å². The lowest BCUT2D eigenvalue weighted by atomic mass is 9.95. The fourth-order valence-corrected chi connectivity index (χ4v) is 1.03. The van der Waals surface area contributed by atoms with Crippen LogP contribution in [0.1, 0.15) is 20.8 Å². The van der Waals surface area contributed by atoms with Crippen molar-refractivity contribution >= 4 is 5.91 Å². The molecule has 0 radical (unpaired) electrons. The van der Waals surface area contributed by atoms with Crippen LogP contribution in [0.2, 0.25) is 0 Å². The molecule has 0 aliphatic carbocycles. The van der Waals surface area contributed by atoms with Crippen LogP contribution in [0.5, 0.6) is 0 Å². The molecule has 0 aliphatic heterocycles. The molecule has 0 rings (SSSR count). The van der Waals surface area contributed by atoms with Gasteiger partial charge in [0.05, 0.1) is 12.7 Å². The summed E-state index contributed by atoms with van der Waals surface area (Å²) in [6, 6.07) is 0. The SMILES string of the molecule is CN(CC(O)CO)C(=O)C(C)(C)C. The zero-order valence-corrected chi connectivity index (χ0v) is 8.74. The van der Waals surface area contributed by atoms with Gasteiger partial charge in [-0.05, 0) is 0 Å². The summed E-state index contributed by atoms with van der Waals surface area (Å²) in [7, 11) is 1.62. The van der Waals surface area contributed by atoms with Crippen molar-refractivity contribution in [1.29, 1.82) is 0 Å². The maximum absolute atomic E-state index is 11.5. The van der Waals surface area contributed by atoms with E-state index in [-0.39, 0.29) is 19.1 Å². The Morgan fingerprint density at radius 2 is 1.92 bits per heavy atom. The van der Waals surface area contributed by atoms with Gasteiger partial charge < -0.3 is 15.1 Å². The molecule has 0 aromatic carbocycles. The van der Waals surface area contributed by atoms with Crippen molar-refractivity contribution in [2.75, 3.05) is 20.2 Å². The number of amides is 1. The van der Waals surface area contributed by atoms with Gasteiger partial charge in [0.2, 0.25) is 5.91 Å². The highest BCUT2D eigenvalue weighted by Crippen LogP contribution is 2.16. The van der Waals surface area contributed by atoms with Crippen LogP contribution >= 0.6 is 0 Å². The number of aliphatic hydroxyl groups is 2. The molecule has 0 spiro atoms. The highest BCUT2D eigenvalue weighted by atomic mass is 16.3. The van der Waals surface area contributed by atoms with Crippen LogP contribution in [0.25, 0.3) is 0 Å². The molecule has 78 valence electrons. The Labute approximate surface area is 79.2 Å². The van der Waals surface area contributed by atoms with E-state index in [0.717, 1.165) is 0 Å². The smallest absolute Gasteiger partial charge is 0.227 e. The zero-order chi connectivity index (χ0) is 10.6. The maximum atomic E-state index is 11.5. The molecular formula is C9H19NO3. The highest BCUT2D eigenvalue weighted by Gasteiger charge is 2.25. The molecule has 1 atom stereocenters. The van der Waals surface area contributed by atoms with E-state index in [1.165, 1.54) is 4.90 Å². The number of rotatable bonds is 3. The Bertz CT molecular complexity index is 174. The van der Waals surface area contributed by atoms with Gasteiger partial charge in [-0.3, -0.25) is 4.79 Å². The predicted octanol–water partition coefficient (Wildman–Crippen LogP) is -0.156. The topological polar surface area (TPSA) is 60.8 Å². The average Bonchev–Trinajstić information content (AvgIpc) is 2.01. The van der Waals surface area contributed by atoms with Crippen LogP contribution in [0, 0.1) is 5.41 Å². The highest BCUT2D eigenvalue weighted by molar-refractivity contribution is 5.81. The summed E-state index contributed by atoms with van der Waals surface area (Å²) >= 11 is 0. The Morgan fingerprint density at radius 3 is 2.23 bits per heavy atom. The van der Waals surface area contributed by atoms with E-state index < -0.39 is 11.5 Å². The molecule has 2 N–H and O–H groups in total. The molecule has 0 aliphatic rings. The molecule has 4 heteroatoms. The van der Waals surface area contributed by atoms with E-state index in [1.54, 1.807) is 7.05 Å². The first kappa shape index (κ1) is 12.4. The number of hydrogen-bond acceptors (Lipinski definition) is 3. The minimum atomic E-state index is -0.851. The fraction of sp³-hybridized carbons (Fsp3) is 0.889. The largest absolute Gasteiger partial charge is 0.394 e. The van der Waals surface area contributed by atoms with Crippen LogP contribution in [0.4, 0.5) is 0 Å². The second-order valence-electron chi connectivity index (χ2n) is 4.27. The molecule has 0 aromatic heterocycles. The summed E-state index contributed by atoms with van der Waals surface area (Å²) in [6.45, 7) is 5.31. The number of hydrogen-bond donors (Lipinski definition) is 2. The lowest BCUT2D eigenvalue weighted by Crippen LogP contribution is -2.41. The van der Waals surface area contributed by atoms with Crippen molar-refractivity contribution in [3.05, 3.63) is 0 Å². The van der Waals surface area contributed by atoms with Crippen molar-refractivity contribution in [2.24, 2.45) is 5.41 Å². The van der Waals surface area contributed by atoms with Crippen LogP contribution in [-0.2, 0) is 4.79 Å². The quantitative estimate of drug-likeness (QED) is 0.648. The molecule has 0 saturated carbocycles. The normalized spacial score (nSPS) is 14.0. The first-order valence-corrected chi connectivity index (χ1v) is 4.33. The van der Waals surface area contributed by atoms with Crippen molar-refractivity contribution < 1.29 is 15.0 Å². The minimum absolute atomic E-state index is 0.0417. The van der Waals surface area contributed by atoms with E-state index in [1.807, 2.05) is 20.8 Å². The van der Waals surface area contributed by atoms with E-state index in [9.17, 15) is 4.79 Å². The molecule has 0 fully saturated rings. The maximum Gasteiger partial charge on any atom is 0.227 e. The molecule has 0 saturated heterocycles. The molecule has 0 heterocycles. The molecular weight excluding hydrogens is 170 g/mol. The van der Waals surface area contributed by atoms with Gasteiger partial charge in [0, 0.05) is 19.0 Å². The van der Waals surface area contributed by atoms with Crippen molar-refractivity contribution in [2.45, 2.75) is 26.9 Å². The summed E-state index contributed by atoms with van der Waals surface area (Å²) < 4.78 is 0. The number of carbonyl (C=O) groups is 1. The molecule has 1 unspecified atom stereocenters. The molecule has 13 heavy (non-hydrogen) atoms. The monoisotopic (exact) mass is 189 g/mol. The van der Waals surface area contributed by atoms with Gasteiger partial charge in [0.1, 0.15) is 0 Å². The number of aliphatic hydroxyl groups excluding tert-OH is 2. The average molecular weight is 189 g/mol. The first-order valence-electron chi connectivity index (χ1n) is 4.33. The third-order valence-electron chi connectivity index (χ3n) is 1.68. The first-order chi connectivity index (χ1) is 5.79. The number of likely N-dealkylation sites (N-methyl/N-ethyl adjacent to an activating group) is 1. The van der Waals surface area contributed by atoms with Gasteiger partial charge in [-0.2, -0.15) is 0 Å². The Hall–Kier alpha value is -0.610. The van der Waals surface area contributed by atoms with Gasteiger partial charge in [0.15, 0.2) is 0 Å². The Morgan fingerprint density at radius 1 is 1.46 bits per heavy atom. The van der Waals surface area contributed by atoms with Gasteiger partial charge in [0.25, 0.3) is 0 Å². The predicted molar refractivity (Wildman–Crippen MR) is 50.2 cm³/mol. The molecule has 0 bridgehead atoms. The Balaban J connectivity index is 4.12. The van der Waals surface area contributed by atoms with Gasteiger partial charge >= 0.3 is 0 Å². The van der Waals surface area contributed by atoms with E-state index in [4.69, 9.17) is 10.2 Å². The van der Waals surface area contributed by atoms with Crippen LogP contribution in [0.15, 0.2) is 0 Å². The Kier molecular flexibility index (Phi) is 4.36. The van der Waals surface area contributed by atoms with E-state index in [0.29, 0.717) is 0 Å². The van der Waals surface area contributed by atoms with Crippen molar-refractivity contribution in [1.82, 2.24) is 4.90 Å². The summed E-state index contributed by atoms with van der Waals surface area (Å²) in [6.07, 6.45) is -0.851. The van der Waals surface area contributed by atoms with Gasteiger partial charge in [-0.1, -0.05) is 20.8 Å². The van der Waals surface area contributed by atoms with Crippen LogP contribution in [-0.4, -0.2) is 47.3 Å². The molecule has 4 nitrogen and oxygen atoms in total. The molecule has 1 amide bonds. The van der Waals surface area contributed by atoms with Crippen molar-refractivity contribution in [3.8, 4) is 0 Å². The third-order valence-corrected chi connectivity index (χ3v) is 1.68. The lowest BCUT2D eigenvalue weighted by molar-refractivity contribution is -0.139. The molecule has 0 aromatic rings. The second kappa shape index (κ2) is 4.58. The second-order valence-corrected chi connectivity index (χ2v) is 4.27. The van der Waals surface area contributed by atoms with Gasteiger partial charge in [-0.25, -0.2) is 0 Å². The van der Waals surface area contributed by atoms with Crippen LogP contribution in [0.3, 0.4) is 0 Å². The summed E-state index contributed by atoms with van der Waals surface area (Å²) in [5, 5.41) is 17.7. The number of nitrogens with zero attached hydrogens (tertiary/aromatic N) is 1. The summed E-state index contributed by atoms with van der Waals surface area (Å²) in [4.78, 5) is 13.0. The van der Waals surface area contributed by atoms with Gasteiger partial charge in [-0.15, -0.1) is 0 Å². The van der Waals surface area contributed by atoms with E-state index >= 15 is 0 Å². The fourth-order valence-electron chi connectivity index (χ4n) is 1.03. The minimum Gasteiger partial charge on any atom is -0.394 e. The summed E-state index contributed by atoms with van der Waals surface area (Å²) in [5.74, 6) is -0.0417. The zero-order valence-electron chi connectivity index (χ0n) is 8.74. The number of carbonyl (C=O) groups excluding carboxylic acids is 1. The lowest BCUT2D eigenvalue weighted by Gasteiger charge is -2.27. The van der Waals surface area contributed by atoms with E-state index in [2.05, 4.69) is 0 Å². The summed E-state index contributed by atoms with van der Waals surface area (Å²) in [5.41, 5.74) is -0.441.